The van der Waals surface area contributed by atoms with Crippen molar-refractivity contribution in [2.45, 2.75) is 0 Å². The second kappa shape index (κ2) is 4.64. The smallest absolute Gasteiger partial charge is 0.726 e. The Morgan fingerprint density at radius 2 is 1.90 bits per heavy atom. The van der Waals surface area contributed by atoms with Crippen LogP contribution in [0.1, 0.15) is 0 Å². The summed E-state index contributed by atoms with van der Waals surface area (Å²) in [6.07, 6.45) is 0. The Morgan fingerprint density at radius 3 is 2.00 bits per heavy atom. The molecule has 0 fully saturated rings. The van der Waals surface area contributed by atoms with Gasteiger partial charge in [-0.2, -0.15) is 0 Å². The molecule has 0 aliphatic carbocycles. The van der Waals surface area contributed by atoms with Crippen LogP contribution in [0.4, 0.5) is 0 Å². The molecule has 63 valence electrons. The number of carbonyl (C=O) groups excluding carboxylic acids is 1. The molecule has 0 rings (SSSR count). The molecule has 0 unspecified atom stereocenters. The molecule has 0 aromatic carbocycles. The molecule has 0 saturated heterocycles. The zero-order valence-electron chi connectivity index (χ0n) is 4.37. The number of aliphatic carboxylic acids is 1. The first-order valence-corrected chi connectivity index (χ1v) is 3.05. The van der Waals surface area contributed by atoms with Gasteiger partial charge in [0.15, 0.2) is 0 Å². The molecular weight excluding hydrogens is 216 g/mol. The van der Waals surface area contributed by atoms with Gasteiger partial charge >= 0.3 is 17.1 Å². The van der Waals surface area contributed by atoms with Crippen LogP contribution in [0.25, 0.3) is 0 Å². The molecule has 0 spiro atoms. The van der Waals surface area contributed by atoms with Gasteiger partial charge in [-0.3, -0.25) is 4.18 Å². The van der Waals surface area contributed by atoms with E-state index in [0.29, 0.717) is 0 Å². The molecule has 0 aliphatic heterocycles. The van der Waals surface area contributed by atoms with Gasteiger partial charge in [-0.1, -0.05) is 0 Å². The third kappa shape index (κ3) is 10.8. The molecule has 0 aliphatic rings. The van der Waals surface area contributed by atoms with Crippen LogP contribution in [-0.2, 0) is 36.4 Å². The zero-order chi connectivity index (χ0) is 7.49. The van der Waals surface area contributed by atoms with Gasteiger partial charge < -0.3 is 14.5 Å². The Balaban J connectivity index is 0. The van der Waals surface area contributed by atoms with Crippen LogP contribution in [0.2, 0.25) is 0 Å². The molecule has 0 bridgehead atoms. The summed E-state index contributed by atoms with van der Waals surface area (Å²) in [5.74, 6) is -1.76. The minimum absolute atomic E-state index is 0. The maximum atomic E-state index is 9.47. The summed E-state index contributed by atoms with van der Waals surface area (Å²) in [6.45, 7) is -1.23. The van der Waals surface area contributed by atoms with E-state index in [-0.39, 0.29) is 17.1 Å². The largest absolute Gasteiger partial charge is 2.00 e. The van der Waals surface area contributed by atoms with Gasteiger partial charge in [0.05, 0.1) is 5.97 Å². The van der Waals surface area contributed by atoms with Gasteiger partial charge in [-0.25, -0.2) is 8.42 Å². The number of hydrogen-bond donors (Lipinski definition) is 0. The van der Waals surface area contributed by atoms with Crippen molar-refractivity contribution in [2.24, 2.45) is 0 Å². The fourth-order valence-corrected chi connectivity index (χ4v) is 0.361. The van der Waals surface area contributed by atoms with E-state index in [9.17, 15) is 22.9 Å². The quantitative estimate of drug-likeness (QED) is 0.287. The van der Waals surface area contributed by atoms with Crippen LogP contribution in [0.15, 0.2) is 0 Å². The van der Waals surface area contributed by atoms with Crippen molar-refractivity contribution in [3.8, 4) is 0 Å². The Kier molecular flexibility index (Phi) is 5.81. The van der Waals surface area contributed by atoms with E-state index in [1.165, 1.54) is 0 Å². The summed E-state index contributed by atoms with van der Waals surface area (Å²) in [5, 5.41) is 9.41. The molecule has 6 nitrogen and oxygen atoms in total. The molecule has 1 radical (unpaired) electrons. The standard InChI is InChI=1S/C2H4O6S.Cu/c3-2(4)1-8-9(5,6)7;/h1H2,(H,3,4)(H,5,6,7);/q;+2/p-2. The van der Waals surface area contributed by atoms with E-state index >= 15 is 0 Å². The molecule has 0 saturated carbocycles. The second-order valence-electron chi connectivity index (χ2n) is 1.04. The Hall–Kier alpha value is -0.141. The molecule has 0 heterocycles. The third-order valence-electron chi connectivity index (χ3n) is 0.321. The van der Waals surface area contributed by atoms with Gasteiger partial charge in [0.2, 0.25) is 10.4 Å². The Labute approximate surface area is 67.6 Å². The topological polar surface area (TPSA) is 107 Å². The minimum atomic E-state index is -4.89. The van der Waals surface area contributed by atoms with Crippen molar-refractivity contribution in [1.29, 1.82) is 0 Å². The monoisotopic (exact) mass is 217 g/mol. The molecule has 0 N–H and O–H groups in total. The van der Waals surface area contributed by atoms with Crippen molar-refractivity contribution in [3.05, 3.63) is 0 Å². The summed E-state index contributed by atoms with van der Waals surface area (Å²) in [6, 6.07) is 0. The van der Waals surface area contributed by atoms with Crippen LogP contribution < -0.4 is 5.11 Å². The first kappa shape index (κ1) is 12.5. The van der Waals surface area contributed by atoms with Crippen molar-refractivity contribution in [3.63, 3.8) is 0 Å². The number of carboxylic acids is 1. The van der Waals surface area contributed by atoms with Gasteiger partial charge in [-0.05, 0) is 0 Å². The van der Waals surface area contributed by atoms with Crippen LogP contribution in [-0.4, -0.2) is 25.5 Å². The van der Waals surface area contributed by atoms with E-state index in [0.717, 1.165) is 0 Å². The average Bonchev–Trinajstić information content (AvgIpc) is 1.59. The summed E-state index contributed by atoms with van der Waals surface area (Å²) >= 11 is 0. The molecule has 8 heteroatoms. The number of hydrogen-bond acceptors (Lipinski definition) is 6. The molecule has 0 amide bonds. The van der Waals surface area contributed by atoms with Gasteiger partial charge in [0, 0.05) is 0 Å². The van der Waals surface area contributed by atoms with E-state index < -0.39 is 23.0 Å². The third-order valence-corrected chi connectivity index (χ3v) is 0.728. The van der Waals surface area contributed by atoms with Crippen LogP contribution >= 0.6 is 0 Å². The minimum Gasteiger partial charge on any atom is -0.726 e. The maximum absolute atomic E-state index is 9.47. The first-order valence-electron chi connectivity index (χ1n) is 1.72. The van der Waals surface area contributed by atoms with Crippen molar-refractivity contribution >= 4 is 16.4 Å². The molecule has 10 heavy (non-hydrogen) atoms. The number of rotatable bonds is 3. The van der Waals surface area contributed by atoms with Crippen LogP contribution in [0, 0.1) is 0 Å². The van der Waals surface area contributed by atoms with E-state index in [1.807, 2.05) is 0 Å². The van der Waals surface area contributed by atoms with Crippen LogP contribution in [0.3, 0.4) is 0 Å². The zero-order valence-corrected chi connectivity index (χ0v) is 6.12. The van der Waals surface area contributed by atoms with E-state index in [2.05, 4.69) is 4.18 Å². The first-order chi connectivity index (χ1) is 3.92. The SMILES string of the molecule is O=C([O-])COS(=O)(=O)[O-].[Cu+2]. The fraction of sp³-hybridized carbons (Fsp3) is 0.500. The molecule has 0 atom stereocenters. The van der Waals surface area contributed by atoms with Crippen molar-refractivity contribution in [2.75, 3.05) is 6.61 Å². The molecular formula is C2H2CuO6S. The Morgan fingerprint density at radius 1 is 1.50 bits per heavy atom. The van der Waals surface area contributed by atoms with E-state index in [1.54, 1.807) is 0 Å². The summed E-state index contributed by atoms with van der Waals surface area (Å²) in [4.78, 5) is 9.41. The van der Waals surface area contributed by atoms with Gasteiger partial charge in [0.1, 0.15) is 6.61 Å². The number of carbonyl (C=O) groups is 1. The van der Waals surface area contributed by atoms with Crippen molar-refractivity contribution in [1.82, 2.24) is 0 Å². The van der Waals surface area contributed by atoms with Gasteiger partial charge in [-0.15, -0.1) is 0 Å². The van der Waals surface area contributed by atoms with Gasteiger partial charge in [0.25, 0.3) is 0 Å². The summed E-state index contributed by atoms with van der Waals surface area (Å²) < 4.78 is 31.6. The van der Waals surface area contributed by atoms with Crippen LogP contribution in [0.5, 0.6) is 0 Å². The fourth-order valence-electron chi connectivity index (χ4n) is 0.120. The normalized spacial score (nSPS) is 10.1. The van der Waals surface area contributed by atoms with E-state index in [4.69, 9.17) is 0 Å². The number of carboxylic acid groups (broad SMARTS) is 1. The molecule has 0 aromatic rings. The summed E-state index contributed by atoms with van der Waals surface area (Å²) in [7, 11) is -4.89. The maximum Gasteiger partial charge on any atom is 2.00 e. The second-order valence-corrected chi connectivity index (χ2v) is 2.09. The average molecular weight is 218 g/mol. The summed E-state index contributed by atoms with van der Waals surface area (Å²) in [5.41, 5.74) is 0. The Bertz CT molecular complexity index is 194. The predicted octanol–water partition coefficient (Wildman–Crippen LogP) is -2.79. The molecule has 0 aromatic heterocycles. The predicted molar refractivity (Wildman–Crippen MR) is 20.7 cm³/mol. The van der Waals surface area contributed by atoms with Crippen molar-refractivity contribution < 1.29 is 44.1 Å².